The highest BCUT2D eigenvalue weighted by atomic mass is 35.5. The molecule has 0 aliphatic rings. The van der Waals surface area contributed by atoms with Gasteiger partial charge < -0.3 is 9.30 Å². The minimum absolute atomic E-state index is 0.123. The predicted octanol–water partition coefficient (Wildman–Crippen LogP) is 4.02. The summed E-state index contributed by atoms with van der Waals surface area (Å²) in [6, 6.07) is 11.2. The number of carbonyl (C=O) groups is 1. The SMILES string of the molecule is CCOC(=O)c1cn(Cc2ccccc2Cl)c2ccc(F)cc2c1=O. The van der Waals surface area contributed by atoms with E-state index in [1.807, 2.05) is 18.2 Å². The first-order valence-corrected chi connectivity index (χ1v) is 8.12. The zero-order valence-corrected chi connectivity index (χ0v) is 14.2. The molecule has 0 amide bonds. The van der Waals surface area contributed by atoms with E-state index < -0.39 is 17.2 Å². The van der Waals surface area contributed by atoms with Crippen molar-refractivity contribution in [3.63, 3.8) is 0 Å². The second-order valence-corrected chi connectivity index (χ2v) is 5.88. The molecule has 0 unspecified atom stereocenters. The number of hydrogen-bond acceptors (Lipinski definition) is 3. The molecule has 1 heterocycles. The quantitative estimate of drug-likeness (QED) is 0.661. The van der Waals surface area contributed by atoms with Crippen LogP contribution in [0.3, 0.4) is 0 Å². The maximum Gasteiger partial charge on any atom is 0.343 e. The van der Waals surface area contributed by atoms with E-state index >= 15 is 0 Å². The Kier molecular flexibility index (Phi) is 4.86. The Bertz CT molecular complexity index is 1010. The van der Waals surface area contributed by atoms with Crippen LogP contribution in [0.25, 0.3) is 10.9 Å². The summed E-state index contributed by atoms with van der Waals surface area (Å²) in [5.41, 5.74) is 0.642. The Morgan fingerprint density at radius 3 is 2.72 bits per heavy atom. The van der Waals surface area contributed by atoms with Crippen LogP contribution < -0.4 is 5.43 Å². The molecule has 0 aliphatic carbocycles. The van der Waals surface area contributed by atoms with E-state index in [0.717, 1.165) is 11.6 Å². The van der Waals surface area contributed by atoms with Crippen molar-refractivity contribution in [1.29, 1.82) is 0 Å². The molecule has 0 atom stereocenters. The fourth-order valence-electron chi connectivity index (χ4n) is 2.66. The second kappa shape index (κ2) is 7.07. The van der Waals surface area contributed by atoms with Crippen LogP contribution in [-0.2, 0) is 11.3 Å². The molecule has 1 aromatic heterocycles. The number of benzene rings is 2. The van der Waals surface area contributed by atoms with Crippen LogP contribution in [0.5, 0.6) is 0 Å². The molecule has 0 saturated carbocycles. The Morgan fingerprint density at radius 1 is 1.24 bits per heavy atom. The number of hydrogen-bond donors (Lipinski definition) is 0. The molecule has 0 fully saturated rings. The molecule has 128 valence electrons. The van der Waals surface area contributed by atoms with E-state index in [-0.39, 0.29) is 17.6 Å². The molecule has 3 rings (SSSR count). The first-order valence-electron chi connectivity index (χ1n) is 7.74. The molecule has 0 N–H and O–H groups in total. The van der Waals surface area contributed by atoms with Crippen molar-refractivity contribution < 1.29 is 13.9 Å². The zero-order chi connectivity index (χ0) is 18.0. The van der Waals surface area contributed by atoms with Crippen molar-refractivity contribution in [3.8, 4) is 0 Å². The van der Waals surface area contributed by atoms with Crippen molar-refractivity contribution >= 4 is 28.5 Å². The molecular weight excluding hydrogens is 345 g/mol. The van der Waals surface area contributed by atoms with Gasteiger partial charge in [0.2, 0.25) is 5.43 Å². The van der Waals surface area contributed by atoms with Crippen LogP contribution in [0.15, 0.2) is 53.5 Å². The van der Waals surface area contributed by atoms with E-state index in [1.165, 1.54) is 18.3 Å². The van der Waals surface area contributed by atoms with Gasteiger partial charge in [-0.1, -0.05) is 29.8 Å². The van der Waals surface area contributed by atoms with E-state index in [4.69, 9.17) is 16.3 Å². The topological polar surface area (TPSA) is 48.3 Å². The van der Waals surface area contributed by atoms with Crippen LogP contribution in [0.2, 0.25) is 5.02 Å². The number of carbonyl (C=O) groups excluding carboxylic acids is 1. The summed E-state index contributed by atoms with van der Waals surface area (Å²) in [5, 5.41) is 0.687. The molecule has 6 heteroatoms. The van der Waals surface area contributed by atoms with Crippen molar-refractivity contribution in [2.45, 2.75) is 13.5 Å². The van der Waals surface area contributed by atoms with Crippen LogP contribution in [0, 0.1) is 5.82 Å². The number of pyridine rings is 1. The number of ether oxygens (including phenoxy) is 1. The first kappa shape index (κ1) is 17.2. The van der Waals surface area contributed by atoms with E-state index in [0.29, 0.717) is 17.1 Å². The average molecular weight is 360 g/mol. The lowest BCUT2D eigenvalue weighted by Gasteiger charge is -2.14. The van der Waals surface area contributed by atoms with Crippen LogP contribution in [0.4, 0.5) is 4.39 Å². The molecule has 0 bridgehead atoms. The number of halogens is 2. The molecular formula is C19H15ClFNO3. The average Bonchev–Trinajstić information content (AvgIpc) is 2.59. The lowest BCUT2D eigenvalue weighted by atomic mass is 10.1. The fraction of sp³-hybridized carbons (Fsp3) is 0.158. The third kappa shape index (κ3) is 3.42. The lowest BCUT2D eigenvalue weighted by molar-refractivity contribution is 0.0524. The highest BCUT2D eigenvalue weighted by molar-refractivity contribution is 6.31. The van der Waals surface area contributed by atoms with Gasteiger partial charge in [0.25, 0.3) is 0 Å². The molecule has 2 aromatic carbocycles. The summed E-state index contributed by atoms with van der Waals surface area (Å²) in [6.07, 6.45) is 1.43. The summed E-state index contributed by atoms with van der Waals surface area (Å²) in [6.45, 7) is 2.12. The minimum Gasteiger partial charge on any atom is -0.462 e. The maximum absolute atomic E-state index is 13.6. The molecule has 3 aromatic rings. The fourth-order valence-corrected chi connectivity index (χ4v) is 2.86. The van der Waals surface area contributed by atoms with Gasteiger partial charge in [-0.3, -0.25) is 4.79 Å². The third-order valence-corrected chi connectivity index (χ3v) is 4.20. The summed E-state index contributed by atoms with van der Waals surface area (Å²) in [7, 11) is 0. The summed E-state index contributed by atoms with van der Waals surface area (Å²) >= 11 is 6.21. The van der Waals surface area contributed by atoms with Gasteiger partial charge in [-0.15, -0.1) is 0 Å². The number of nitrogens with zero attached hydrogens (tertiary/aromatic N) is 1. The largest absolute Gasteiger partial charge is 0.462 e. The molecule has 0 saturated heterocycles. The van der Waals surface area contributed by atoms with Crippen molar-refractivity contribution in [2.24, 2.45) is 0 Å². The Hall–Kier alpha value is -2.66. The Balaban J connectivity index is 2.23. The van der Waals surface area contributed by atoms with Gasteiger partial charge in [-0.25, -0.2) is 9.18 Å². The van der Waals surface area contributed by atoms with Crippen molar-refractivity contribution in [1.82, 2.24) is 4.57 Å². The van der Waals surface area contributed by atoms with Gasteiger partial charge in [0, 0.05) is 23.2 Å². The molecule has 0 radical (unpaired) electrons. The standard InChI is InChI=1S/C19H15ClFNO3/c1-2-25-19(24)15-11-22(10-12-5-3-4-6-16(12)20)17-8-7-13(21)9-14(17)18(15)23/h3-9,11H,2,10H2,1H3. The zero-order valence-electron chi connectivity index (χ0n) is 13.5. The van der Waals surface area contributed by atoms with Gasteiger partial charge in [0.1, 0.15) is 11.4 Å². The molecule has 0 aliphatic heterocycles. The molecule has 4 nitrogen and oxygen atoms in total. The number of esters is 1. The summed E-state index contributed by atoms with van der Waals surface area (Å²) in [5.74, 6) is -1.28. The third-order valence-electron chi connectivity index (χ3n) is 3.84. The smallest absolute Gasteiger partial charge is 0.343 e. The van der Waals surface area contributed by atoms with E-state index in [1.54, 1.807) is 17.6 Å². The van der Waals surface area contributed by atoms with Gasteiger partial charge in [0.15, 0.2) is 0 Å². The monoisotopic (exact) mass is 359 g/mol. The van der Waals surface area contributed by atoms with Gasteiger partial charge in [0.05, 0.1) is 12.1 Å². The molecule has 25 heavy (non-hydrogen) atoms. The van der Waals surface area contributed by atoms with Gasteiger partial charge in [-0.05, 0) is 36.8 Å². The minimum atomic E-state index is -0.730. The highest BCUT2D eigenvalue weighted by Crippen LogP contribution is 2.20. The molecule has 0 spiro atoms. The van der Waals surface area contributed by atoms with Crippen molar-refractivity contribution in [3.05, 3.63) is 80.9 Å². The lowest BCUT2D eigenvalue weighted by Crippen LogP contribution is -2.21. The van der Waals surface area contributed by atoms with Crippen LogP contribution >= 0.6 is 11.6 Å². The Labute approximate surface area is 148 Å². The Morgan fingerprint density at radius 2 is 2.00 bits per heavy atom. The van der Waals surface area contributed by atoms with Crippen LogP contribution in [-0.4, -0.2) is 17.1 Å². The van der Waals surface area contributed by atoms with Crippen LogP contribution in [0.1, 0.15) is 22.8 Å². The number of aromatic nitrogens is 1. The highest BCUT2D eigenvalue weighted by Gasteiger charge is 2.17. The van der Waals surface area contributed by atoms with Crippen molar-refractivity contribution in [2.75, 3.05) is 6.61 Å². The summed E-state index contributed by atoms with van der Waals surface area (Å²) < 4.78 is 20.3. The normalized spacial score (nSPS) is 10.8. The number of fused-ring (bicyclic) bond motifs is 1. The maximum atomic E-state index is 13.6. The number of rotatable bonds is 4. The summed E-state index contributed by atoms with van der Waals surface area (Å²) in [4.78, 5) is 24.7. The van der Waals surface area contributed by atoms with E-state index in [9.17, 15) is 14.0 Å². The predicted molar refractivity (Wildman–Crippen MR) is 94.7 cm³/mol. The van der Waals surface area contributed by atoms with Gasteiger partial charge >= 0.3 is 5.97 Å². The van der Waals surface area contributed by atoms with E-state index in [2.05, 4.69) is 0 Å². The first-order chi connectivity index (χ1) is 12.0. The second-order valence-electron chi connectivity index (χ2n) is 5.47. The van der Waals surface area contributed by atoms with Gasteiger partial charge in [-0.2, -0.15) is 0 Å².